The Labute approximate surface area is 130 Å². The third-order valence-corrected chi connectivity index (χ3v) is 3.73. The predicted octanol–water partition coefficient (Wildman–Crippen LogP) is 4.57. The second-order valence-electron chi connectivity index (χ2n) is 5.30. The number of benzene rings is 2. The summed E-state index contributed by atoms with van der Waals surface area (Å²) in [4.78, 5) is 12.2. The first-order valence-electron chi connectivity index (χ1n) is 7.61. The van der Waals surface area contributed by atoms with Gasteiger partial charge in [0, 0.05) is 30.3 Å². The number of carbonyl (C=O) groups is 1. The first kappa shape index (κ1) is 14.4. The topological polar surface area (TPSA) is 42.2 Å². The molecule has 1 aromatic heterocycles. The third-order valence-electron chi connectivity index (χ3n) is 3.73. The van der Waals surface area contributed by atoms with Gasteiger partial charge >= 0.3 is 0 Å². The second kappa shape index (κ2) is 6.48. The molecule has 3 aromatic rings. The zero-order valence-electron chi connectivity index (χ0n) is 12.6. The van der Waals surface area contributed by atoms with Crippen LogP contribution in [0.2, 0.25) is 0 Å². The monoisotopic (exact) mass is 293 g/mol. The number of hydrogen-bond donors (Lipinski definition) is 1. The van der Waals surface area contributed by atoms with E-state index in [-0.39, 0.29) is 5.91 Å². The number of amides is 1. The molecule has 3 rings (SSSR count). The molecule has 0 atom stereocenters. The summed E-state index contributed by atoms with van der Waals surface area (Å²) in [5.74, 6) is 1.83. The quantitative estimate of drug-likeness (QED) is 0.749. The first-order chi connectivity index (χ1) is 10.8. The molecule has 0 spiro atoms. The highest BCUT2D eigenvalue weighted by atomic mass is 16.3. The van der Waals surface area contributed by atoms with Crippen molar-refractivity contribution in [3.05, 3.63) is 66.1 Å². The highest BCUT2D eigenvalue weighted by Crippen LogP contribution is 2.23. The number of nitrogens with one attached hydrogen (secondary N) is 1. The lowest BCUT2D eigenvalue weighted by molar-refractivity contribution is -0.116. The van der Waals surface area contributed by atoms with Crippen LogP contribution in [0.1, 0.15) is 24.9 Å². The minimum absolute atomic E-state index is 0.00537. The van der Waals surface area contributed by atoms with E-state index in [1.54, 1.807) is 0 Å². The normalized spacial score (nSPS) is 10.8. The molecule has 0 aliphatic carbocycles. The van der Waals surface area contributed by atoms with Crippen LogP contribution in [-0.4, -0.2) is 5.91 Å². The van der Waals surface area contributed by atoms with E-state index in [1.807, 2.05) is 54.6 Å². The summed E-state index contributed by atoms with van der Waals surface area (Å²) < 4.78 is 5.62. The summed E-state index contributed by atoms with van der Waals surface area (Å²) in [7, 11) is 0. The van der Waals surface area contributed by atoms with Gasteiger partial charge in [0.1, 0.15) is 11.5 Å². The van der Waals surface area contributed by atoms with Crippen molar-refractivity contribution in [2.45, 2.75) is 26.2 Å². The van der Waals surface area contributed by atoms with E-state index in [2.05, 4.69) is 12.2 Å². The number of rotatable bonds is 5. The van der Waals surface area contributed by atoms with Crippen LogP contribution in [0.5, 0.6) is 0 Å². The summed E-state index contributed by atoms with van der Waals surface area (Å²) >= 11 is 0. The lowest BCUT2D eigenvalue weighted by atomic mass is 10.1. The molecule has 0 saturated carbocycles. The Morgan fingerprint density at radius 1 is 1.00 bits per heavy atom. The van der Waals surface area contributed by atoms with Gasteiger partial charge in [0.2, 0.25) is 5.91 Å². The van der Waals surface area contributed by atoms with Crippen LogP contribution in [0.25, 0.3) is 10.8 Å². The molecule has 1 heterocycles. The largest absolute Gasteiger partial charge is 0.466 e. The molecule has 0 aliphatic rings. The number of anilines is 1. The molecule has 0 fully saturated rings. The Balaban J connectivity index is 1.65. The van der Waals surface area contributed by atoms with Crippen LogP contribution in [0.15, 0.2) is 59.0 Å². The van der Waals surface area contributed by atoms with E-state index >= 15 is 0 Å². The van der Waals surface area contributed by atoms with Gasteiger partial charge in [-0.05, 0) is 23.6 Å². The second-order valence-corrected chi connectivity index (χ2v) is 5.30. The lowest BCUT2D eigenvalue weighted by Gasteiger charge is -2.08. The van der Waals surface area contributed by atoms with Crippen LogP contribution in [0.3, 0.4) is 0 Å². The summed E-state index contributed by atoms with van der Waals surface area (Å²) in [5, 5.41) is 5.18. The third kappa shape index (κ3) is 3.19. The van der Waals surface area contributed by atoms with Crippen LogP contribution in [-0.2, 0) is 17.6 Å². The van der Waals surface area contributed by atoms with E-state index < -0.39 is 0 Å². The van der Waals surface area contributed by atoms with Gasteiger partial charge < -0.3 is 9.73 Å². The maximum absolute atomic E-state index is 12.2. The van der Waals surface area contributed by atoms with E-state index in [9.17, 15) is 4.79 Å². The Kier molecular flexibility index (Phi) is 4.24. The molecule has 0 aliphatic heterocycles. The van der Waals surface area contributed by atoms with Crippen molar-refractivity contribution in [1.29, 1.82) is 0 Å². The SMILES string of the molecule is CCc1ccc(CCC(=O)Nc2cccc3ccccc23)o1. The van der Waals surface area contributed by atoms with Gasteiger partial charge in [0.25, 0.3) is 0 Å². The van der Waals surface area contributed by atoms with Gasteiger partial charge in [-0.1, -0.05) is 43.3 Å². The molecular formula is C19H19NO2. The Morgan fingerprint density at radius 2 is 1.77 bits per heavy atom. The van der Waals surface area contributed by atoms with E-state index in [0.717, 1.165) is 34.4 Å². The van der Waals surface area contributed by atoms with E-state index in [0.29, 0.717) is 12.8 Å². The molecule has 112 valence electrons. The van der Waals surface area contributed by atoms with Crippen LogP contribution in [0, 0.1) is 0 Å². The molecule has 1 N–H and O–H groups in total. The minimum atomic E-state index is 0.00537. The van der Waals surface area contributed by atoms with Crippen LogP contribution in [0.4, 0.5) is 5.69 Å². The van der Waals surface area contributed by atoms with Gasteiger partial charge in [0.05, 0.1) is 0 Å². The van der Waals surface area contributed by atoms with Gasteiger partial charge in [-0.15, -0.1) is 0 Å². The highest BCUT2D eigenvalue weighted by Gasteiger charge is 2.08. The van der Waals surface area contributed by atoms with Crippen molar-refractivity contribution >= 4 is 22.4 Å². The molecule has 0 saturated heterocycles. The fourth-order valence-corrected chi connectivity index (χ4v) is 2.53. The highest BCUT2D eigenvalue weighted by molar-refractivity contribution is 6.02. The Morgan fingerprint density at radius 3 is 2.59 bits per heavy atom. The van der Waals surface area contributed by atoms with Gasteiger partial charge in [-0.3, -0.25) is 4.79 Å². The lowest BCUT2D eigenvalue weighted by Crippen LogP contribution is -2.12. The zero-order chi connectivity index (χ0) is 15.4. The van der Waals surface area contributed by atoms with Crippen molar-refractivity contribution < 1.29 is 9.21 Å². The number of furan rings is 1. The number of aryl methyl sites for hydroxylation is 2. The number of hydrogen-bond acceptors (Lipinski definition) is 2. The minimum Gasteiger partial charge on any atom is -0.466 e. The van der Waals surface area contributed by atoms with E-state index in [4.69, 9.17) is 4.42 Å². The average Bonchev–Trinajstić information content (AvgIpc) is 3.01. The molecule has 0 bridgehead atoms. The number of carbonyl (C=O) groups excluding carboxylic acids is 1. The Hall–Kier alpha value is -2.55. The van der Waals surface area contributed by atoms with Crippen molar-refractivity contribution in [2.75, 3.05) is 5.32 Å². The Bertz CT molecular complexity index is 783. The standard InChI is InChI=1S/C19H19NO2/c1-2-15-10-11-16(22-15)12-13-19(21)20-18-9-5-7-14-6-3-4-8-17(14)18/h3-11H,2,12-13H2,1H3,(H,20,21). The first-order valence-corrected chi connectivity index (χ1v) is 7.61. The summed E-state index contributed by atoms with van der Waals surface area (Å²) in [6.07, 6.45) is 1.92. The molecule has 2 aromatic carbocycles. The zero-order valence-corrected chi connectivity index (χ0v) is 12.6. The van der Waals surface area contributed by atoms with Crippen LogP contribution >= 0.6 is 0 Å². The summed E-state index contributed by atoms with van der Waals surface area (Å²) in [5.41, 5.74) is 0.858. The summed E-state index contributed by atoms with van der Waals surface area (Å²) in [6.45, 7) is 2.05. The van der Waals surface area contributed by atoms with Crippen molar-refractivity contribution in [3.63, 3.8) is 0 Å². The van der Waals surface area contributed by atoms with Gasteiger partial charge in [0.15, 0.2) is 0 Å². The van der Waals surface area contributed by atoms with E-state index in [1.165, 1.54) is 0 Å². The molecule has 0 unspecified atom stereocenters. The maximum atomic E-state index is 12.2. The molecule has 3 nitrogen and oxygen atoms in total. The fraction of sp³-hybridized carbons (Fsp3) is 0.211. The van der Waals surface area contributed by atoms with Gasteiger partial charge in [-0.25, -0.2) is 0 Å². The average molecular weight is 293 g/mol. The maximum Gasteiger partial charge on any atom is 0.224 e. The molecule has 1 amide bonds. The predicted molar refractivity (Wildman–Crippen MR) is 89.0 cm³/mol. The van der Waals surface area contributed by atoms with Crippen molar-refractivity contribution in [2.24, 2.45) is 0 Å². The smallest absolute Gasteiger partial charge is 0.224 e. The molecule has 0 radical (unpaired) electrons. The number of fused-ring (bicyclic) bond motifs is 1. The summed E-state index contributed by atoms with van der Waals surface area (Å²) in [6, 6.07) is 17.9. The molecule has 3 heteroatoms. The fourth-order valence-electron chi connectivity index (χ4n) is 2.53. The van der Waals surface area contributed by atoms with Crippen LogP contribution < -0.4 is 5.32 Å². The van der Waals surface area contributed by atoms with Crippen molar-refractivity contribution in [3.8, 4) is 0 Å². The molecule has 22 heavy (non-hydrogen) atoms. The van der Waals surface area contributed by atoms with Gasteiger partial charge in [-0.2, -0.15) is 0 Å². The van der Waals surface area contributed by atoms with Crippen molar-refractivity contribution in [1.82, 2.24) is 0 Å². The molecular weight excluding hydrogens is 274 g/mol.